The molecule has 2 saturated heterocycles. The van der Waals surface area contributed by atoms with Crippen LogP contribution in [0.3, 0.4) is 0 Å². The third-order valence-electron chi connectivity index (χ3n) is 5.12. The summed E-state index contributed by atoms with van der Waals surface area (Å²) in [7, 11) is 3.88. The zero-order chi connectivity index (χ0) is 18.8. The zero-order valence-corrected chi connectivity index (χ0v) is 16.0. The quantitative estimate of drug-likeness (QED) is 0.812. The molecule has 0 unspecified atom stereocenters. The van der Waals surface area contributed by atoms with Crippen molar-refractivity contribution in [3.05, 3.63) is 11.6 Å². The average molecular weight is 367 g/mol. The van der Waals surface area contributed by atoms with Gasteiger partial charge in [-0.15, -0.1) is 0 Å². The van der Waals surface area contributed by atoms with Gasteiger partial charge in [0.05, 0.1) is 24.2 Å². The smallest absolute Gasteiger partial charge is 0.228 e. The van der Waals surface area contributed by atoms with E-state index >= 15 is 0 Å². The molecule has 4 rings (SSSR count). The van der Waals surface area contributed by atoms with Gasteiger partial charge in [0.1, 0.15) is 17.7 Å². The van der Waals surface area contributed by atoms with Crippen molar-refractivity contribution in [2.75, 3.05) is 68.2 Å². The minimum absolute atomic E-state index is 0.573. The van der Waals surface area contributed by atoms with Gasteiger partial charge in [-0.3, -0.25) is 0 Å². The number of rotatable bonds is 3. The monoisotopic (exact) mass is 367 g/mol. The number of aromatic nitrogens is 3. The lowest BCUT2D eigenvalue weighted by molar-refractivity contribution is 0.122. The van der Waals surface area contributed by atoms with Crippen molar-refractivity contribution < 1.29 is 4.74 Å². The number of hydrogen-bond acceptors (Lipinski definition) is 8. The highest BCUT2D eigenvalue weighted by molar-refractivity contribution is 5.91. The lowest BCUT2D eigenvalue weighted by atomic mass is 10.1. The second-order valence-electron chi connectivity index (χ2n) is 7.23. The van der Waals surface area contributed by atoms with Gasteiger partial charge in [-0.2, -0.15) is 15.2 Å². The van der Waals surface area contributed by atoms with E-state index in [0.717, 1.165) is 50.2 Å². The van der Waals surface area contributed by atoms with Crippen molar-refractivity contribution in [1.82, 2.24) is 15.0 Å². The summed E-state index contributed by atoms with van der Waals surface area (Å²) in [6.07, 6.45) is 3.57. The molecule has 142 valence electrons. The molecule has 4 heterocycles. The van der Waals surface area contributed by atoms with E-state index in [2.05, 4.69) is 20.9 Å². The minimum Gasteiger partial charge on any atom is -0.378 e. The number of hydrogen-bond donors (Lipinski definition) is 0. The Hall–Kier alpha value is -2.66. The second-order valence-corrected chi connectivity index (χ2v) is 7.23. The summed E-state index contributed by atoms with van der Waals surface area (Å²) in [4.78, 5) is 20.6. The largest absolute Gasteiger partial charge is 0.378 e. The predicted octanol–water partition coefficient (Wildman–Crippen LogP) is 1.79. The Bertz CT molecular complexity index is 864. The molecule has 2 fully saturated rings. The molecular formula is C19H25N7O. The van der Waals surface area contributed by atoms with Crippen LogP contribution in [0, 0.1) is 11.3 Å². The van der Waals surface area contributed by atoms with Gasteiger partial charge in [0.25, 0.3) is 0 Å². The molecule has 2 aromatic heterocycles. The van der Waals surface area contributed by atoms with Gasteiger partial charge in [-0.1, -0.05) is 0 Å². The molecule has 2 aromatic rings. The summed E-state index contributed by atoms with van der Waals surface area (Å²) < 4.78 is 5.44. The van der Waals surface area contributed by atoms with Gasteiger partial charge >= 0.3 is 0 Å². The first-order valence-corrected chi connectivity index (χ1v) is 9.55. The first-order chi connectivity index (χ1) is 13.2. The standard InChI is InChI=1S/C19H25N7O/c1-24(2)19-22-16-15(18(23-19)25-6-4-3-5-7-25)12-14(13-20)17(21-16)26-8-10-27-11-9-26/h12H,3-11H2,1-2H3. The van der Waals surface area contributed by atoms with Crippen LogP contribution in [0.5, 0.6) is 0 Å². The molecule has 2 aliphatic rings. The van der Waals surface area contributed by atoms with E-state index in [9.17, 15) is 5.26 Å². The summed E-state index contributed by atoms with van der Waals surface area (Å²) in [5, 5.41) is 10.6. The van der Waals surface area contributed by atoms with Crippen LogP contribution in [0.4, 0.5) is 17.6 Å². The van der Waals surface area contributed by atoms with E-state index in [-0.39, 0.29) is 0 Å². The topological polar surface area (TPSA) is 81.4 Å². The van der Waals surface area contributed by atoms with Crippen molar-refractivity contribution in [2.24, 2.45) is 0 Å². The maximum Gasteiger partial charge on any atom is 0.228 e. The third kappa shape index (κ3) is 3.47. The summed E-state index contributed by atoms with van der Waals surface area (Å²) >= 11 is 0. The number of fused-ring (bicyclic) bond motifs is 1. The van der Waals surface area contributed by atoms with Gasteiger partial charge in [-0.05, 0) is 25.3 Å². The molecular weight excluding hydrogens is 342 g/mol. The molecule has 8 heteroatoms. The van der Waals surface area contributed by atoms with Crippen molar-refractivity contribution in [1.29, 1.82) is 5.26 Å². The SMILES string of the molecule is CN(C)c1nc(N2CCCCC2)c2cc(C#N)c(N3CCOCC3)nc2n1. The van der Waals surface area contributed by atoms with Crippen LogP contribution in [0.2, 0.25) is 0 Å². The van der Waals surface area contributed by atoms with Crippen LogP contribution >= 0.6 is 0 Å². The molecule has 0 spiro atoms. The lowest BCUT2D eigenvalue weighted by Gasteiger charge is -2.30. The van der Waals surface area contributed by atoms with Crippen LogP contribution in [-0.4, -0.2) is 68.4 Å². The van der Waals surface area contributed by atoms with Gasteiger partial charge < -0.3 is 19.4 Å². The van der Waals surface area contributed by atoms with Crippen LogP contribution in [0.15, 0.2) is 6.07 Å². The highest BCUT2D eigenvalue weighted by Crippen LogP contribution is 2.31. The number of ether oxygens (including phenoxy) is 1. The normalized spacial score (nSPS) is 17.8. The van der Waals surface area contributed by atoms with Crippen LogP contribution < -0.4 is 14.7 Å². The van der Waals surface area contributed by atoms with Gasteiger partial charge in [0, 0.05) is 40.3 Å². The Kier molecular flexibility index (Phi) is 4.94. The van der Waals surface area contributed by atoms with Crippen LogP contribution in [-0.2, 0) is 4.74 Å². The summed E-state index contributed by atoms with van der Waals surface area (Å²) in [6, 6.07) is 4.24. The molecule has 0 atom stereocenters. The maximum atomic E-state index is 9.74. The van der Waals surface area contributed by atoms with Crippen molar-refractivity contribution >= 4 is 28.6 Å². The number of morpholine rings is 1. The molecule has 0 radical (unpaired) electrons. The molecule has 8 nitrogen and oxygen atoms in total. The first-order valence-electron chi connectivity index (χ1n) is 9.55. The highest BCUT2D eigenvalue weighted by atomic mass is 16.5. The number of anilines is 3. The number of nitriles is 1. The molecule has 2 aliphatic heterocycles. The summed E-state index contributed by atoms with van der Waals surface area (Å²) in [6.45, 7) is 4.72. The van der Waals surface area contributed by atoms with Crippen LogP contribution in [0.25, 0.3) is 11.0 Å². The summed E-state index contributed by atoms with van der Waals surface area (Å²) in [5.74, 6) is 2.23. The highest BCUT2D eigenvalue weighted by Gasteiger charge is 2.23. The van der Waals surface area contributed by atoms with Crippen molar-refractivity contribution in [2.45, 2.75) is 19.3 Å². The van der Waals surface area contributed by atoms with Gasteiger partial charge in [0.2, 0.25) is 5.95 Å². The Morgan fingerprint density at radius 3 is 2.33 bits per heavy atom. The molecule has 0 N–H and O–H groups in total. The average Bonchev–Trinajstić information content (AvgIpc) is 2.73. The molecule has 0 aliphatic carbocycles. The fourth-order valence-corrected chi connectivity index (χ4v) is 3.66. The first kappa shape index (κ1) is 17.7. The Morgan fingerprint density at radius 1 is 0.963 bits per heavy atom. The van der Waals surface area contributed by atoms with E-state index in [1.54, 1.807) is 0 Å². The summed E-state index contributed by atoms with van der Waals surface area (Å²) in [5.41, 5.74) is 1.22. The Morgan fingerprint density at radius 2 is 1.67 bits per heavy atom. The molecule has 0 bridgehead atoms. The number of pyridine rings is 1. The molecule has 0 aromatic carbocycles. The fourth-order valence-electron chi connectivity index (χ4n) is 3.66. The Balaban J connectivity index is 1.87. The van der Waals surface area contributed by atoms with Crippen molar-refractivity contribution in [3.63, 3.8) is 0 Å². The van der Waals surface area contributed by atoms with E-state index in [1.807, 2.05) is 25.1 Å². The zero-order valence-electron chi connectivity index (χ0n) is 16.0. The fraction of sp³-hybridized carbons (Fsp3) is 0.579. The molecule has 0 saturated carbocycles. The predicted molar refractivity (Wildman–Crippen MR) is 105 cm³/mol. The van der Waals surface area contributed by atoms with E-state index in [0.29, 0.717) is 36.2 Å². The Labute approximate surface area is 159 Å². The minimum atomic E-state index is 0.573. The number of piperidine rings is 1. The van der Waals surface area contributed by atoms with Gasteiger partial charge in [-0.25, -0.2) is 4.98 Å². The molecule has 27 heavy (non-hydrogen) atoms. The van der Waals surface area contributed by atoms with Crippen molar-refractivity contribution in [3.8, 4) is 6.07 Å². The third-order valence-corrected chi connectivity index (χ3v) is 5.12. The van der Waals surface area contributed by atoms with E-state index in [1.165, 1.54) is 6.42 Å². The lowest BCUT2D eigenvalue weighted by Crippen LogP contribution is -2.37. The molecule has 0 amide bonds. The van der Waals surface area contributed by atoms with E-state index < -0.39 is 0 Å². The van der Waals surface area contributed by atoms with Crippen LogP contribution in [0.1, 0.15) is 24.8 Å². The van der Waals surface area contributed by atoms with Gasteiger partial charge in [0.15, 0.2) is 5.65 Å². The number of nitrogens with zero attached hydrogens (tertiary/aromatic N) is 7. The maximum absolute atomic E-state index is 9.74. The second kappa shape index (κ2) is 7.53. The van der Waals surface area contributed by atoms with E-state index in [4.69, 9.17) is 14.7 Å².